The van der Waals surface area contributed by atoms with Crippen LogP contribution < -0.4 is 0 Å². The molecule has 0 fully saturated rings. The van der Waals surface area contributed by atoms with Crippen LogP contribution in [0, 0.1) is 0 Å². The standard InChI is InChI=1S/C10H10F9NO/c1-3-6(21)20(2)5-4-7(11,12)8(13,14)9(15,16)10(17,18)19/h3H,1,4-5H2,2H3. The van der Waals surface area contributed by atoms with Gasteiger partial charge in [0, 0.05) is 20.0 Å². The molecule has 21 heavy (non-hydrogen) atoms. The van der Waals surface area contributed by atoms with Crippen LogP contribution in [0.5, 0.6) is 0 Å². The molecule has 0 saturated heterocycles. The second kappa shape index (κ2) is 5.76. The number of alkyl halides is 9. The lowest BCUT2D eigenvalue weighted by Gasteiger charge is -2.34. The summed E-state index contributed by atoms with van der Waals surface area (Å²) in [4.78, 5) is 11.3. The minimum atomic E-state index is -6.91. The molecular weight excluding hydrogens is 321 g/mol. The molecule has 0 aromatic rings. The Labute approximate surface area is 113 Å². The first-order chi connectivity index (χ1) is 9.12. The zero-order valence-electron chi connectivity index (χ0n) is 10.5. The van der Waals surface area contributed by atoms with E-state index in [1.54, 1.807) is 0 Å². The molecule has 0 heterocycles. The maximum atomic E-state index is 13.1. The van der Waals surface area contributed by atoms with Gasteiger partial charge in [0.1, 0.15) is 0 Å². The fraction of sp³-hybridized carbons (Fsp3) is 0.700. The lowest BCUT2D eigenvalue weighted by molar-refractivity contribution is -0.396. The molecule has 0 N–H and O–H groups in total. The van der Waals surface area contributed by atoms with Crippen molar-refractivity contribution in [2.75, 3.05) is 13.6 Å². The Morgan fingerprint density at radius 3 is 1.76 bits per heavy atom. The summed E-state index contributed by atoms with van der Waals surface area (Å²) in [5.41, 5.74) is 0. The average Bonchev–Trinajstić information content (AvgIpc) is 2.33. The van der Waals surface area contributed by atoms with Gasteiger partial charge in [-0.15, -0.1) is 0 Å². The van der Waals surface area contributed by atoms with E-state index >= 15 is 0 Å². The molecule has 11 heteroatoms. The van der Waals surface area contributed by atoms with E-state index in [1.165, 1.54) is 0 Å². The van der Waals surface area contributed by atoms with Gasteiger partial charge in [0.05, 0.1) is 0 Å². The van der Waals surface area contributed by atoms with Gasteiger partial charge < -0.3 is 4.90 Å². The van der Waals surface area contributed by atoms with Crippen LogP contribution in [0.1, 0.15) is 6.42 Å². The molecule has 0 saturated carbocycles. The van der Waals surface area contributed by atoms with E-state index in [4.69, 9.17) is 0 Å². The molecule has 0 spiro atoms. The minimum absolute atomic E-state index is 0.419. The van der Waals surface area contributed by atoms with Gasteiger partial charge in [0.25, 0.3) is 0 Å². The summed E-state index contributed by atoms with van der Waals surface area (Å²) in [6, 6.07) is 0. The van der Waals surface area contributed by atoms with Crippen molar-refractivity contribution in [2.24, 2.45) is 0 Å². The maximum absolute atomic E-state index is 13.1. The van der Waals surface area contributed by atoms with E-state index in [1.807, 2.05) is 0 Å². The highest BCUT2D eigenvalue weighted by Gasteiger charge is 2.81. The minimum Gasteiger partial charge on any atom is -0.342 e. The summed E-state index contributed by atoms with van der Waals surface area (Å²) in [5.74, 6) is -20.2. The third-order valence-electron chi connectivity index (χ3n) is 2.52. The van der Waals surface area contributed by atoms with Gasteiger partial charge in [0.2, 0.25) is 5.91 Å². The Morgan fingerprint density at radius 1 is 1.00 bits per heavy atom. The highest BCUT2D eigenvalue weighted by molar-refractivity contribution is 5.86. The molecule has 0 aliphatic carbocycles. The Kier molecular flexibility index (Phi) is 5.37. The topological polar surface area (TPSA) is 20.3 Å². The number of carbonyl (C=O) groups excluding carboxylic acids is 1. The number of likely N-dealkylation sites (N-methyl/N-ethyl adjacent to an activating group) is 1. The number of amides is 1. The van der Waals surface area contributed by atoms with Crippen molar-refractivity contribution < 1.29 is 44.3 Å². The van der Waals surface area contributed by atoms with Gasteiger partial charge in [0.15, 0.2) is 0 Å². The number of halogens is 9. The number of hydrogen-bond acceptors (Lipinski definition) is 1. The summed E-state index contributed by atoms with van der Waals surface area (Å²) in [7, 11) is 0.861. The predicted molar refractivity (Wildman–Crippen MR) is 53.3 cm³/mol. The predicted octanol–water partition coefficient (Wildman–Crippen LogP) is 3.49. The second-order valence-electron chi connectivity index (χ2n) is 4.06. The van der Waals surface area contributed by atoms with Gasteiger partial charge >= 0.3 is 23.9 Å². The zero-order chi connectivity index (χ0) is 17.3. The Bertz CT molecular complexity index is 402. The first-order valence-electron chi connectivity index (χ1n) is 5.19. The number of hydrogen-bond donors (Lipinski definition) is 0. The Hall–Kier alpha value is -1.42. The average molecular weight is 331 g/mol. The molecule has 0 unspecified atom stereocenters. The van der Waals surface area contributed by atoms with Gasteiger partial charge in [-0.25, -0.2) is 0 Å². The first-order valence-corrected chi connectivity index (χ1v) is 5.19. The molecule has 2 nitrogen and oxygen atoms in total. The monoisotopic (exact) mass is 331 g/mol. The van der Waals surface area contributed by atoms with Crippen molar-refractivity contribution in [3.63, 3.8) is 0 Å². The molecular formula is C10H10F9NO. The second-order valence-corrected chi connectivity index (χ2v) is 4.06. The quantitative estimate of drug-likeness (QED) is 0.539. The van der Waals surface area contributed by atoms with Crippen LogP contribution in [0.15, 0.2) is 12.7 Å². The number of nitrogens with zero attached hydrogens (tertiary/aromatic N) is 1. The molecule has 0 atom stereocenters. The van der Waals surface area contributed by atoms with Gasteiger partial charge in [-0.1, -0.05) is 6.58 Å². The SMILES string of the molecule is C=CC(=O)N(C)CCC(F)(F)C(F)(F)C(F)(F)C(F)(F)F. The first kappa shape index (κ1) is 19.6. The third-order valence-corrected chi connectivity index (χ3v) is 2.52. The van der Waals surface area contributed by atoms with E-state index in [2.05, 4.69) is 6.58 Å². The Balaban J connectivity index is 5.22. The molecule has 0 aromatic heterocycles. The summed E-state index contributed by atoms with van der Waals surface area (Å²) >= 11 is 0. The van der Waals surface area contributed by atoms with Gasteiger partial charge in [-0.2, -0.15) is 39.5 Å². The van der Waals surface area contributed by atoms with Crippen LogP contribution >= 0.6 is 0 Å². The van der Waals surface area contributed by atoms with Crippen molar-refractivity contribution in [3.8, 4) is 0 Å². The van der Waals surface area contributed by atoms with Crippen LogP contribution in [0.3, 0.4) is 0 Å². The molecule has 0 aliphatic rings. The fourth-order valence-corrected chi connectivity index (χ4v) is 1.14. The van der Waals surface area contributed by atoms with Crippen LogP contribution in [0.4, 0.5) is 39.5 Å². The normalized spacial score (nSPS) is 14.0. The highest BCUT2D eigenvalue weighted by atomic mass is 19.4. The van der Waals surface area contributed by atoms with Gasteiger partial charge in [-0.3, -0.25) is 4.79 Å². The van der Waals surface area contributed by atoms with Crippen molar-refractivity contribution in [3.05, 3.63) is 12.7 Å². The van der Waals surface area contributed by atoms with Crippen molar-refractivity contribution in [1.82, 2.24) is 4.90 Å². The molecule has 0 aromatic carbocycles. The van der Waals surface area contributed by atoms with Crippen LogP contribution in [-0.4, -0.2) is 48.3 Å². The van der Waals surface area contributed by atoms with Crippen LogP contribution in [0.25, 0.3) is 0 Å². The molecule has 0 radical (unpaired) electrons. The lowest BCUT2D eigenvalue weighted by atomic mass is 10.0. The smallest absolute Gasteiger partial charge is 0.342 e. The summed E-state index contributed by atoms with van der Waals surface area (Å²) in [6.07, 6.45) is -8.30. The molecule has 0 bridgehead atoms. The molecule has 0 rings (SSSR count). The van der Waals surface area contributed by atoms with E-state index < -0.39 is 42.8 Å². The summed E-state index contributed by atoms with van der Waals surface area (Å²) in [6.45, 7) is 1.79. The van der Waals surface area contributed by atoms with Crippen molar-refractivity contribution >= 4 is 5.91 Å². The Morgan fingerprint density at radius 2 is 1.43 bits per heavy atom. The molecule has 0 aliphatic heterocycles. The van der Waals surface area contributed by atoms with Gasteiger partial charge in [-0.05, 0) is 6.08 Å². The van der Waals surface area contributed by atoms with E-state index in [0.29, 0.717) is 11.0 Å². The van der Waals surface area contributed by atoms with E-state index in [9.17, 15) is 44.3 Å². The molecule has 1 amide bonds. The summed E-state index contributed by atoms with van der Waals surface area (Å²) < 4.78 is 112. The lowest BCUT2D eigenvalue weighted by Crippen LogP contribution is -2.61. The van der Waals surface area contributed by atoms with E-state index in [0.717, 1.165) is 7.05 Å². The highest BCUT2D eigenvalue weighted by Crippen LogP contribution is 2.53. The zero-order valence-corrected chi connectivity index (χ0v) is 10.5. The van der Waals surface area contributed by atoms with Crippen molar-refractivity contribution in [1.29, 1.82) is 0 Å². The van der Waals surface area contributed by atoms with Crippen molar-refractivity contribution in [2.45, 2.75) is 30.4 Å². The van der Waals surface area contributed by atoms with Crippen LogP contribution in [-0.2, 0) is 4.79 Å². The third kappa shape index (κ3) is 3.62. The maximum Gasteiger partial charge on any atom is 0.460 e. The summed E-state index contributed by atoms with van der Waals surface area (Å²) in [5, 5.41) is 0. The molecule has 124 valence electrons. The number of carbonyl (C=O) groups is 1. The van der Waals surface area contributed by atoms with E-state index in [-0.39, 0.29) is 0 Å². The largest absolute Gasteiger partial charge is 0.460 e. The fourth-order valence-electron chi connectivity index (χ4n) is 1.14. The number of rotatable bonds is 6. The van der Waals surface area contributed by atoms with Crippen LogP contribution in [0.2, 0.25) is 0 Å².